The Kier molecular flexibility index (Phi) is 8.46. The molecular formula is C31H38N2O4S. The number of carbonyl (C=O) groups is 2. The van der Waals surface area contributed by atoms with Gasteiger partial charge >= 0.3 is 0 Å². The van der Waals surface area contributed by atoms with Crippen LogP contribution in [0.5, 0.6) is 11.5 Å². The van der Waals surface area contributed by atoms with Gasteiger partial charge in [-0.1, -0.05) is 38.1 Å². The fourth-order valence-electron chi connectivity index (χ4n) is 4.81. The normalized spacial score (nSPS) is 15.2. The highest BCUT2D eigenvalue weighted by molar-refractivity contribution is 7.10. The number of amides is 2. The van der Waals surface area contributed by atoms with Gasteiger partial charge in [0.15, 0.2) is 0 Å². The topological polar surface area (TPSA) is 59.1 Å². The molecule has 1 atom stereocenters. The van der Waals surface area contributed by atoms with Gasteiger partial charge in [0.25, 0.3) is 5.91 Å². The van der Waals surface area contributed by atoms with E-state index in [1.165, 1.54) is 10.4 Å². The third-order valence-corrected chi connectivity index (χ3v) is 8.05. The van der Waals surface area contributed by atoms with Gasteiger partial charge in [-0.05, 0) is 79.9 Å². The molecule has 202 valence electrons. The SMILES string of the molecule is COc1ccccc1C(=O)N(CC(=O)N1CCc2sccc2[C@@H]1COc1ccc(C(C)C)cc1)C(C)(C)C. The summed E-state index contributed by atoms with van der Waals surface area (Å²) in [6.45, 7) is 11.1. The zero-order chi connectivity index (χ0) is 27.4. The summed E-state index contributed by atoms with van der Waals surface area (Å²) in [6.07, 6.45) is 0.800. The third kappa shape index (κ3) is 6.04. The number of nitrogens with zero attached hydrogens (tertiary/aromatic N) is 2. The summed E-state index contributed by atoms with van der Waals surface area (Å²) in [4.78, 5) is 32.3. The summed E-state index contributed by atoms with van der Waals surface area (Å²) in [5.74, 6) is 1.41. The van der Waals surface area contributed by atoms with Crippen LogP contribution in [-0.2, 0) is 11.2 Å². The maximum atomic E-state index is 13.9. The van der Waals surface area contributed by atoms with E-state index >= 15 is 0 Å². The van der Waals surface area contributed by atoms with Crippen molar-refractivity contribution in [1.82, 2.24) is 9.80 Å². The van der Waals surface area contributed by atoms with Crippen molar-refractivity contribution in [3.8, 4) is 11.5 Å². The molecule has 2 amide bonds. The molecule has 38 heavy (non-hydrogen) atoms. The Bertz CT molecular complexity index is 1260. The fraction of sp³-hybridized carbons (Fsp3) is 0.419. The highest BCUT2D eigenvalue weighted by Crippen LogP contribution is 2.35. The molecule has 1 aliphatic rings. The van der Waals surface area contributed by atoms with Gasteiger partial charge in [-0.25, -0.2) is 0 Å². The van der Waals surface area contributed by atoms with Crippen molar-refractivity contribution in [2.75, 3.05) is 26.8 Å². The Balaban J connectivity index is 1.56. The zero-order valence-corrected chi connectivity index (χ0v) is 24.0. The van der Waals surface area contributed by atoms with Gasteiger partial charge in [-0.15, -0.1) is 11.3 Å². The first kappa shape index (κ1) is 27.7. The molecule has 2 heterocycles. The summed E-state index contributed by atoms with van der Waals surface area (Å²) >= 11 is 1.72. The molecule has 0 saturated carbocycles. The van der Waals surface area contributed by atoms with Crippen LogP contribution < -0.4 is 9.47 Å². The number of hydrogen-bond donors (Lipinski definition) is 0. The van der Waals surface area contributed by atoms with Gasteiger partial charge in [0.2, 0.25) is 5.91 Å². The van der Waals surface area contributed by atoms with Crippen LogP contribution in [0.15, 0.2) is 60.0 Å². The molecule has 7 heteroatoms. The van der Waals surface area contributed by atoms with Gasteiger partial charge in [0.1, 0.15) is 24.7 Å². The van der Waals surface area contributed by atoms with E-state index in [1.54, 1.807) is 35.5 Å². The van der Waals surface area contributed by atoms with Crippen LogP contribution in [0.25, 0.3) is 0 Å². The maximum Gasteiger partial charge on any atom is 0.258 e. The van der Waals surface area contributed by atoms with Gasteiger partial charge in [0.05, 0.1) is 18.7 Å². The predicted molar refractivity (Wildman–Crippen MR) is 152 cm³/mol. The molecule has 0 N–H and O–H groups in total. The summed E-state index contributed by atoms with van der Waals surface area (Å²) in [6, 6.07) is 17.2. The second-order valence-corrected chi connectivity index (χ2v) is 11.9. The predicted octanol–water partition coefficient (Wildman–Crippen LogP) is 6.33. The van der Waals surface area contributed by atoms with Gasteiger partial charge in [-0.3, -0.25) is 9.59 Å². The number of benzene rings is 2. The van der Waals surface area contributed by atoms with E-state index in [1.807, 2.05) is 49.9 Å². The highest BCUT2D eigenvalue weighted by atomic mass is 32.1. The second kappa shape index (κ2) is 11.6. The molecular weight excluding hydrogens is 496 g/mol. The number of ether oxygens (including phenoxy) is 2. The largest absolute Gasteiger partial charge is 0.496 e. The molecule has 0 spiro atoms. The van der Waals surface area contributed by atoms with Crippen LogP contribution in [0.4, 0.5) is 0 Å². The van der Waals surface area contributed by atoms with E-state index in [0.29, 0.717) is 30.4 Å². The molecule has 0 aliphatic carbocycles. The van der Waals surface area contributed by atoms with E-state index in [2.05, 4.69) is 37.4 Å². The van der Waals surface area contributed by atoms with Crippen molar-refractivity contribution in [2.24, 2.45) is 0 Å². The van der Waals surface area contributed by atoms with Crippen LogP contribution in [0.1, 0.15) is 72.9 Å². The van der Waals surface area contributed by atoms with E-state index in [-0.39, 0.29) is 24.4 Å². The third-order valence-electron chi connectivity index (χ3n) is 7.06. The first-order chi connectivity index (χ1) is 18.1. The molecule has 6 nitrogen and oxygen atoms in total. The number of para-hydroxylation sites is 1. The first-order valence-electron chi connectivity index (χ1n) is 13.1. The Morgan fingerprint density at radius 1 is 1.08 bits per heavy atom. The average Bonchev–Trinajstić information content (AvgIpc) is 3.38. The molecule has 0 bridgehead atoms. The van der Waals surface area contributed by atoms with Crippen LogP contribution in [0.2, 0.25) is 0 Å². The Hall–Kier alpha value is -3.32. The summed E-state index contributed by atoms with van der Waals surface area (Å²) in [5.41, 5.74) is 2.27. The molecule has 2 aromatic carbocycles. The molecule has 0 radical (unpaired) electrons. The van der Waals surface area contributed by atoms with Crippen molar-refractivity contribution in [1.29, 1.82) is 0 Å². The fourth-order valence-corrected chi connectivity index (χ4v) is 5.73. The molecule has 4 rings (SSSR count). The van der Waals surface area contributed by atoms with Gasteiger partial charge in [0, 0.05) is 17.0 Å². The number of thiophene rings is 1. The van der Waals surface area contributed by atoms with Crippen molar-refractivity contribution < 1.29 is 19.1 Å². The number of carbonyl (C=O) groups excluding carboxylic acids is 2. The molecule has 0 fully saturated rings. The number of hydrogen-bond acceptors (Lipinski definition) is 5. The minimum atomic E-state index is -0.568. The smallest absolute Gasteiger partial charge is 0.258 e. The Labute approximate surface area is 230 Å². The average molecular weight is 535 g/mol. The summed E-state index contributed by atoms with van der Waals surface area (Å²) in [7, 11) is 1.55. The molecule has 1 aromatic heterocycles. The lowest BCUT2D eigenvalue weighted by atomic mass is 9.99. The van der Waals surface area contributed by atoms with E-state index in [9.17, 15) is 9.59 Å². The molecule has 3 aromatic rings. The highest BCUT2D eigenvalue weighted by Gasteiger charge is 2.36. The van der Waals surface area contributed by atoms with E-state index < -0.39 is 5.54 Å². The lowest BCUT2D eigenvalue weighted by Crippen LogP contribution is -2.53. The Morgan fingerprint density at radius 3 is 2.45 bits per heavy atom. The van der Waals surface area contributed by atoms with E-state index in [0.717, 1.165) is 17.7 Å². The summed E-state index contributed by atoms with van der Waals surface area (Å²) in [5, 5.41) is 2.08. The quantitative estimate of drug-likeness (QED) is 0.339. The lowest BCUT2D eigenvalue weighted by Gasteiger charge is -2.40. The van der Waals surface area contributed by atoms with Crippen molar-refractivity contribution in [3.63, 3.8) is 0 Å². The maximum absolute atomic E-state index is 13.9. The standard InChI is InChI=1S/C31H38N2O4S/c1-21(2)22-11-13-23(14-12-22)37-20-26-24-16-18-38-28(24)15-17-32(26)29(34)19-33(31(3,4)5)30(35)25-9-7-8-10-27(25)36-6/h7-14,16,18,21,26H,15,17,19-20H2,1-6H3/t26-/m0/s1. The van der Waals surface area contributed by atoms with Gasteiger partial charge in [-0.2, -0.15) is 0 Å². The number of methoxy groups -OCH3 is 1. The summed E-state index contributed by atoms with van der Waals surface area (Å²) < 4.78 is 11.7. The monoisotopic (exact) mass is 534 g/mol. The van der Waals surface area contributed by atoms with Crippen LogP contribution in [0.3, 0.4) is 0 Å². The first-order valence-corrected chi connectivity index (χ1v) is 14.0. The van der Waals surface area contributed by atoms with Crippen molar-refractivity contribution in [3.05, 3.63) is 81.5 Å². The van der Waals surface area contributed by atoms with E-state index in [4.69, 9.17) is 9.47 Å². The van der Waals surface area contributed by atoms with Crippen LogP contribution >= 0.6 is 11.3 Å². The van der Waals surface area contributed by atoms with Crippen molar-refractivity contribution >= 4 is 23.2 Å². The Morgan fingerprint density at radius 2 is 1.79 bits per heavy atom. The van der Waals surface area contributed by atoms with Crippen LogP contribution in [-0.4, -0.2) is 54.0 Å². The second-order valence-electron chi connectivity index (χ2n) is 10.9. The lowest BCUT2D eigenvalue weighted by molar-refractivity contribution is -0.136. The van der Waals surface area contributed by atoms with Crippen molar-refractivity contribution in [2.45, 2.75) is 58.5 Å². The van der Waals surface area contributed by atoms with Crippen LogP contribution in [0, 0.1) is 0 Å². The minimum absolute atomic E-state index is 0.0283. The number of rotatable bonds is 8. The molecule has 0 unspecified atom stereocenters. The molecule has 1 aliphatic heterocycles. The van der Waals surface area contributed by atoms with Gasteiger partial charge < -0.3 is 19.3 Å². The zero-order valence-electron chi connectivity index (χ0n) is 23.2. The number of fused-ring (bicyclic) bond motifs is 1. The minimum Gasteiger partial charge on any atom is -0.496 e. The molecule has 0 saturated heterocycles.